The molecule has 1 unspecified atom stereocenters. The molecule has 2 amide bonds. The van der Waals surface area contributed by atoms with Crippen LogP contribution in [0.5, 0.6) is 0 Å². The molecule has 0 bridgehead atoms. The highest BCUT2D eigenvalue weighted by atomic mass is 32.1. The van der Waals surface area contributed by atoms with Crippen LogP contribution in [-0.4, -0.2) is 39.0 Å². The van der Waals surface area contributed by atoms with E-state index in [-0.39, 0.29) is 46.9 Å². The van der Waals surface area contributed by atoms with Crippen molar-refractivity contribution in [2.75, 3.05) is 0 Å². The Hall–Kier alpha value is -2.32. The Labute approximate surface area is 199 Å². The molecule has 0 saturated heterocycles. The van der Waals surface area contributed by atoms with Gasteiger partial charge in [-0.2, -0.15) is 0 Å². The van der Waals surface area contributed by atoms with Crippen molar-refractivity contribution in [2.24, 2.45) is 29.1 Å². The van der Waals surface area contributed by atoms with Gasteiger partial charge in [0.05, 0.1) is 18.2 Å². The lowest BCUT2D eigenvalue weighted by Crippen LogP contribution is -2.58. The topological polar surface area (TPSA) is 104 Å². The number of amides is 2. The molecular weight excluding hydrogens is 436 g/mol. The van der Waals surface area contributed by atoms with Crippen LogP contribution in [0.2, 0.25) is 0 Å². The fraction of sp³-hybridized carbons (Fsp3) is 0.600. The number of aliphatic hydroxyl groups excluding tert-OH is 1. The molecule has 2 heterocycles. The van der Waals surface area contributed by atoms with Crippen LogP contribution >= 0.6 is 11.3 Å². The van der Waals surface area contributed by atoms with Crippen molar-refractivity contribution in [1.82, 2.24) is 20.6 Å². The summed E-state index contributed by atoms with van der Waals surface area (Å²) in [6, 6.07) is 3.95. The van der Waals surface area contributed by atoms with Gasteiger partial charge in [0.1, 0.15) is 6.33 Å². The van der Waals surface area contributed by atoms with Gasteiger partial charge in [-0.25, -0.2) is 9.97 Å². The normalized spacial score (nSPS) is 32.4. The maximum atomic E-state index is 12.9. The van der Waals surface area contributed by atoms with Gasteiger partial charge in [0, 0.05) is 29.2 Å². The van der Waals surface area contributed by atoms with E-state index in [1.165, 1.54) is 18.7 Å². The van der Waals surface area contributed by atoms with Crippen molar-refractivity contribution in [3.05, 3.63) is 46.7 Å². The standard InChI is InChI=1S/C25H34N4O3S/c1-15(23(31)28-13-18-5-4-10-33-18)19-6-8-25(3)9-7-20(16(2)21(25)22(19)30)29-24(32)17-11-26-14-27-12-17/h4-5,10-12,14-16,19-22,30H,6-9,13H2,1-3H3,(H,28,31)(H,29,32)/t15-,16+,19?,20-,21+,22-,25-/m0/s1. The molecule has 33 heavy (non-hydrogen) atoms. The van der Waals surface area contributed by atoms with Crippen LogP contribution in [0.25, 0.3) is 0 Å². The van der Waals surface area contributed by atoms with E-state index in [0.29, 0.717) is 12.1 Å². The van der Waals surface area contributed by atoms with Gasteiger partial charge in [0.15, 0.2) is 0 Å². The number of aromatic nitrogens is 2. The summed E-state index contributed by atoms with van der Waals surface area (Å²) in [5, 5.41) is 19.7. The van der Waals surface area contributed by atoms with Crippen LogP contribution in [0.3, 0.4) is 0 Å². The maximum Gasteiger partial charge on any atom is 0.254 e. The van der Waals surface area contributed by atoms with E-state index in [1.54, 1.807) is 11.3 Å². The number of fused-ring (bicyclic) bond motifs is 1. The summed E-state index contributed by atoms with van der Waals surface area (Å²) in [5.41, 5.74) is 0.454. The number of carbonyl (C=O) groups is 2. The van der Waals surface area contributed by atoms with Gasteiger partial charge in [-0.1, -0.05) is 26.8 Å². The van der Waals surface area contributed by atoms with Crippen molar-refractivity contribution in [3.8, 4) is 0 Å². The van der Waals surface area contributed by atoms with Crippen LogP contribution in [0.1, 0.15) is 61.7 Å². The van der Waals surface area contributed by atoms with Crippen molar-refractivity contribution < 1.29 is 14.7 Å². The number of hydrogen-bond donors (Lipinski definition) is 3. The van der Waals surface area contributed by atoms with Crippen LogP contribution in [-0.2, 0) is 11.3 Å². The monoisotopic (exact) mass is 470 g/mol. The zero-order chi connectivity index (χ0) is 23.6. The molecule has 2 saturated carbocycles. The van der Waals surface area contributed by atoms with Crippen molar-refractivity contribution in [2.45, 2.75) is 65.1 Å². The van der Waals surface area contributed by atoms with Crippen LogP contribution in [0, 0.1) is 29.1 Å². The number of thiophene rings is 1. The molecule has 3 N–H and O–H groups in total. The number of carbonyl (C=O) groups excluding carboxylic acids is 2. The predicted molar refractivity (Wildman–Crippen MR) is 127 cm³/mol. The molecular formula is C25H34N4O3S. The Balaban J connectivity index is 1.43. The lowest BCUT2D eigenvalue weighted by molar-refractivity contribution is -0.142. The molecule has 2 aliphatic carbocycles. The largest absolute Gasteiger partial charge is 0.392 e. The van der Waals surface area contributed by atoms with Crippen LogP contribution in [0.15, 0.2) is 36.2 Å². The molecule has 2 aromatic heterocycles. The molecule has 0 spiro atoms. The first-order valence-electron chi connectivity index (χ1n) is 11.8. The van der Waals surface area contributed by atoms with Gasteiger partial charge in [-0.3, -0.25) is 9.59 Å². The first-order chi connectivity index (χ1) is 15.8. The third-order valence-electron chi connectivity index (χ3n) is 8.10. The van der Waals surface area contributed by atoms with E-state index in [9.17, 15) is 14.7 Å². The molecule has 8 heteroatoms. The Kier molecular flexibility index (Phi) is 7.14. The SMILES string of the molecule is C[C@H]1[C@@H]2[C@@H](O)C([C@H](C)C(=O)NCc3cccs3)CC[C@@]2(C)CC[C@@H]1NC(=O)c1cncnc1. The maximum absolute atomic E-state index is 12.9. The average molecular weight is 471 g/mol. The smallest absolute Gasteiger partial charge is 0.254 e. The number of hydrogen-bond acceptors (Lipinski definition) is 6. The van der Waals surface area contributed by atoms with E-state index in [0.717, 1.165) is 30.6 Å². The van der Waals surface area contributed by atoms with E-state index in [2.05, 4.69) is 34.4 Å². The lowest BCUT2D eigenvalue weighted by Gasteiger charge is -2.56. The highest BCUT2D eigenvalue weighted by molar-refractivity contribution is 7.09. The molecule has 0 aromatic carbocycles. The fourth-order valence-electron chi connectivity index (χ4n) is 6.11. The van der Waals surface area contributed by atoms with Gasteiger partial charge in [0.2, 0.25) is 5.91 Å². The molecule has 0 aliphatic heterocycles. The Morgan fingerprint density at radius 2 is 2.00 bits per heavy atom. The average Bonchev–Trinajstić information content (AvgIpc) is 3.33. The summed E-state index contributed by atoms with van der Waals surface area (Å²) < 4.78 is 0. The second-order valence-corrected chi connectivity index (χ2v) is 11.1. The Bertz CT molecular complexity index is 954. The lowest BCUT2D eigenvalue weighted by atomic mass is 9.51. The fourth-order valence-corrected chi connectivity index (χ4v) is 6.75. The molecule has 7 atom stereocenters. The Morgan fingerprint density at radius 1 is 1.27 bits per heavy atom. The van der Waals surface area contributed by atoms with Crippen LogP contribution < -0.4 is 10.6 Å². The molecule has 178 valence electrons. The quantitative estimate of drug-likeness (QED) is 0.600. The Morgan fingerprint density at radius 3 is 2.70 bits per heavy atom. The van der Waals surface area contributed by atoms with Gasteiger partial charge in [-0.15, -0.1) is 11.3 Å². The zero-order valence-corrected chi connectivity index (χ0v) is 20.3. The number of rotatable bonds is 6. The van der Waals surface area contributed by atoms with Gasteiger partial charge in [0.25, 0.3) is 5.91 Å². The van der Waals surface area contributed by atoms with Crippen LogP contribution in [0.4, 0.5) is 0 Å². The van der Waals surface area contributed by atoms with Crippen molar-refractivity contribution in [1.29, 1.82) is 0 Å². The number of aliphatic hydroxyl groups is 1. The molecule has 2 aliphatic rings. The molecule has 2 fully saturated rings. The summed E-state index contributed by atoms with van der Waals surface area (Å²) in [6.45, 7) is 6.85. The van der Waals surface area contributed by atoms with E-state index < -0.39 is 6.10 Å². The van der Waals surface area contributed by atoms with Crippen molar-refractivity contribution >= 4 is 23.2 Å². The summed E-state index contributed by atoms with van der Waals surface area (Å²) >= 11 is 1.62. The van der Waals surface area contributed by atoms with Crippen molar-refractivity contribution in [3.63, 3.8) is 0 Å². The third kappa shape index (κ3) is 4.96. The molecule has 2 aromatic rings. The summed E-state index contributed by atoms with van der Waals surface area (Å²) in [4.78, 5) is 34.6. The number of nitrogens with zero attached hydrogens (tertiary/aromatic N) is 2. The minimum atomic E-state index is -0.582. The summed E-state index contributed by atoms with van der Waals surface area (Å²) in [6.07, 6.45) is 7.50. The highest BCUT2D eigenvalue weighted by Crippen LogP contribution is 2.55. The number of nitrogens with one attached hydrogen (secondary N) is 2. The highest BCUT2D eigenvalue weighted by Gasteiger charge is 2.53. The zero-order valence-electron chi connectivity index (χ0n) is 19.5. The minimum absolute atomic E-state index is 0.00607. The summed E-state index contributed by atoms with van der Waals surface area (Å²) in [7, 11) is 0. The van der Waals surface area contributed by atoms with Gasteiger partial charge < -0.3 is 15.7 Å². The predicted octanol–water partition coefficient (Wildman–Crippen LogP) is 3.41. The first-order valence-corrected chi connectivity index (χ1v) is 12.7. The second-order valence-electron chi connectivity index (χ2n) is 10.1. The molecule has 0 radical (unpaired) electrons. The first kappa shape index (κ1) is 23.8. The molecule has 7 nitrogen and oxygen atoms in total. The van der Waals surface area contributed by atoms with E-state index in [1.807, 2.05) is 24.4 Å². The minimum Gasteiger partial charge on any atom is -0.392 e. The second kappa shape index (κ2) is 9.89. The molecule has 4 rings (SSSR count). The van der Waals surface area contributed by atoms with E-state index >= 15 is 0 Å². The third-order valence-corrected chi connectivity index (χ3v) is 8.98. The van der Waals surface area contributed by atoms with Gasteiger partial charge in [-0.05, 0) is 60.3 Å². The van der Waals surface area contributed by atoms with Gasteiger partial charge >= 0.3 is 0 Å². The summed E-state index contributed by atoms with van der Waals surface area (Å²) in [5.74, 6) is -0.432. The van der Waals surface area contributed by atoms with E-state index in [4.69, 9.17) is 0 Å².